The quantitative estimate of drug-likeness (QED) is 0.462. The molecular formula is C4H4ClNO. The number of nitrogens with one attached hydrogen (secondary N) is 1. The van der Waals surface area contributed by atoms with Gasteiger partial charge in [-0.25, -0.2) is 0 Å². The summed E-state index contributed by atoms with van der Waals surface area (Å²) in [6, 6.07) is 0. The summed E-state index contributed by atoms with van der Waals surface area (Å²) in [5.41, 5.74) is 0. The Morgan fingerprint density at radius 1 is 1.86 bits per heavy atom. The van der Waals surface area contributed by atoms with Crippen molar-refractivity contribution in [3.63, 3.8) is 0 Å². The highest BCUT2D eigenvalue weighted by molar-refractivity contribution is 6.31. The molecule has 0 aliphatic carbocycles. The van der Waals surface area contributed by atoms with Gasteiger partial charge in [-0.3, -0.25) is 4.79 Å². The molecule has 1 aliphatic heterocycles. The summed E-state index contributed by atoms with van der Waals surface area (Å²) in [4.78, 5) is 10.2. The fourth-order valence-corrected chi connectivity index (χ4v) is 0.600. The molecule has 0 saturated carbocycles. The van der Waals surface area contributed by atoms with Gasteiger partial charge in [0.15, 0.2) is 0 Å². The lowest BCUT2D eigenvalue weighted by atomic mass is 10.5. The molecular weight excluding hydrogens is 114 g/mol. The largest absolute Gasteiger partial charge is 0.317 e. The molecule has 0 unspecified atom stereocenters. The zero-order chi connectivity index (χ0) is 5.28. The van der Waals surface area contributed by atoms with Gasteiger partial charge in [-0.15, -0.1) is 0 Å². The first-order chi connectivity index (χ1) is 3.29. The maximum Gasteiger partial charge on any atom is 0.228 e. The fourth-order valence-electron chi connectivity index (χ4n) is 0.418. The molecule has 0 radical (unpaired) electrons. The standard InChI is InChI=1S/C4H4ClNO/c5-3-1-2-4(7)6-3/h1H,2H2,(H,6,7). The van der Waals surface area contributed by atoms with E-state index < -0.39 is 0 Å². The van der Waals surface area contributed by atoms with Crippen LogP contribution in [0.5, 0.6) is 0 Å². The minimum Gasteiger partial charge on any atom is -0.317 e. The molecule has 1 heterocycles. The second kappa shape index (κ2) is 1.54. The smallest absolute Gasteiger partial charge is 0.228 e. The van der Waals surface area contributed by atoms with Crippen molar-refractivity contribution in [3.8, 4) is 0 Å². The molecule has 0 aromatic carbocycles. The van der Waals surface area contributed by atoms with Gasteiger partial charge in [-0.05, 0) is 6.08 Å². The van der Waals surface area contributed by atoms with Crippen molar-refractivity contribution in [2.45, 2.75) is 6.42 Å². The topological polar surface area (TPSA) is 29.1 Å². The number of rotatable bonds is 0. The Bertz CT molecular complexity index is 130. The van der Waals surface area contributed by atoms with Crippen LogP contribution in [0, 0.1) is 0 Å². The van der Waals surface area contributed by atoms with Gasteiger partial charge in [0.25, 0.3) is 0 Å². The average Bonchev–Trinajstić information content (AvgIpc) is 1.87. The van der Waals surface area contributed by atoms with E-state index in [-0.39, 0.29) is 5.91 Å². The van der Waals surface area contributed by atoms with Gasteiger partial charge in [-0.1, -0.05) is 11.6 Å². The SMILES string of the molecule is O=C1CC=C(Cl)N1. The maximum absolute atomic E-state index is 10.2. The summed E-state index contributed by atoms with van der Waals surface area (Å²) in [6.45, 7) is 0. The molecule has 38 valence electrons. The van der Waals surface area contributed by atoms with E-state index in [0.29, 0.717) is 11.6 Å². The number of carbonyl (C=O) groups excluding carboxylic acids is 1. The zero-order valence-electron chi connectivity index (χ0n) is 3.57. The Morgan fingerprint density at radius 2 is 2.57 bits per heavy atom. The molecule has 1 amide bonds. The van der Waals surface area contributed by atoms with Crippen molar-refractivity contribution in [2.24, 2.45) is 0 Å². The van der Waals surface area contributed by atoms with Gasteiger partial charge < -0.3 is 5.32 Å². The fraction of sp³-hybridized carbons (Fsp3) is 0.250. The summed E-state index contributed by atoms with van der Waals surface area (Å²) in [5, 5.41) is 2.85. The van der Waals surface area contributed by atoms with Gasteiger partial charge in [0.05, 0.1) is 0 Å². The molecule has 1 rings (SSSR count). The molecule has 0 fully saturated rings. The normalized spacial score (nSPS) is 19.0. The van der Waals surface area contributed by atoms with E-state index in [9.17, 15) is 4.79 Å². The monoisotopic (exact) mass is 117 g/mol. The Kier molecular flexibility index (Phi) is 1.02. The van der Waals surface area contributed by atoms with Crippen LogP contribution in [0.1, 0.15) is 6.42 Å². The third-order valence-corrected chi connectivity index (χ3v) is 0.974. The second-order valence-corrected chi connectivity index (χ2v) is 1.71. The van der Waals surface area contributed by atoms with Crippen molar-refractivity contribution >= 4 is 17.5 Å². The van der Waals surface area contributed by atoms with Crippen LogP contribution in [0.4, 0.5) is 0 Å². The van der Waals surface area contributed by atoms with Crippen molar-refractivity contribution in [1.29, 1.82) is 0 Å². The third-order valence-electron chi connectivity index (χ3n) is 0.726. The third kappa shape index (κ3) is 0.933. The highest BCUT2D eigenvalue weighted by Gasteiger charge is 2.06. The summed E-state index contributed by atoms with van der Waals surface area (Å²) >= 11 is 5.34. The molecule has 0 aromatic heterocycles. The van der Waals surface area contributed by atoms with Gasteiger partial charge in [0.2, 0.25) is 5.91 Å². The summed E-state index contributed by atoms with van der Waals surface area (Å²) in [7, 11) is 0. The van der Waals surface area contributed by atoms with E-state index in [0.717, 1.165) is 0 Å². The van der Waals surface area contributed by atoms with Gasteiger partial charge in [0, 0.05) is 6.42 Å². The Balaban J connectivity index is 2.58. The summed E-state index contributed by atoms with van der Waals surface area (Å²) in [5.74, 6) is -0.0231. The predicted molar refractivity (Wildman–Crippen MR) is 26.7 cm³/mol. The van der Waals surface area contributed by atoms with Crippen LogP contribution in [-0.4, -0.2) is 5.91 Å². The lowest BCUT2D eigenvalue weighted by molar-refractivity contribution is -0.118. The van der Waals surface area contributed by atoms with E-state index in [1.54, 1.807) is 6.08 Å². The maximum atomic E-state index is 10.2. The van der Waals surface area contributed by atoms with Crippen molar-refractivity contribution in [3.05, 3.63) is 11.2 Å². The lowest BCUT2D eigenvalue weighted by Crippen LogP contribution is -2.11. The highest BCUT2D eigenvalue weighted by Crippen LogP contribution is 2.04. The molecule has 0 atom stereocenters. The van der Waals surface area contributed by atoms with Gasteiger partial charge >= 0.3 is 0 Å². The summed E-state index contributed by atoms with van der Waals surface area (Å²) < 4.78 is 0. The van der Waals surface area contributed by atoms with E-state index in [4.69, 9.17) is 11.6 Å². The Labute approximate surface area is 46.2 Å². The van der Waals surface area contributed by atoms with Crippen LogP contribution in [0.2, 0.25) is 0 Å². The van der Waals surface area contributed by atoms with Crippen LogP contribution >= 0.6 is 11.6 Å². The van der Waals surface area contributed by atoms with Crippen molar-refractivity contribution < 1.29 is 4.79 Å². The first-order valence-electron chi connectivity index (χ1n) is 1.94. The average molecular weight is 118 g/mol. The minimum absolute atomic E-state index is 0.0231. The highest BCUT2D eigenvalue weighted by atomic mass is 35.5. The van der Waals surface area contributed by atoms with E-state index in [1.165, 1.54) is 0 Å². The molecule has 7 heavy (non-hydrogen) atoms. The van der Waals surface area contributed by atoms with Crippen LogP contribution in [-0.2, 0) is 4.79 Å². The van der Waals surface area contributed by atoms with Gasteiger partial charge in [-0.2, -0.15) is 0 Å². The molecule has 0 saturated heterocycles. The molecule has 0 aromatic rings. The van der Waals surface area contributed by atoms with E-state index in [1.807, 2.05) is 0 Å². The molecule has 0 spiro atoms. The van der Waals surface area contributed by atoms with Crippen molar-refractivity contribution in [2.75, 3.05) is 0 Å². The molecule has 0 bridgehead atoms. The number of hydrogen-bond acceptors (Lipinski definition) is 1. The van der Waals surface area contributed by atoms with Crippen LogP contribution < -0.4 is 5.32 Å². The van der Waals surface area contributed by atoms with E-state index in [2.05, 4.69) is 5.32 Å². The van der Waals surface area contributed by atoms with E-state index >= 15 is 0 Å². The molecule has 2 nitrogen and oxygen atoms in total. The molecule has 3 heteroatoms. The van der Waals surface area contributed by atoms with Crippen LogP contribution in [0.15, 0.2) is 11.2 Å². The number of amides is 1. The number of hydrogen-bond donors (Lipinski definition) is 1. The molecule has 1 N–H and O–H groups in total. The zero-order valence-corrected chi connectivity index (χ0v) is 4.33. The first kappa shape index (κ1) is 4.65. The van der Waals surface area contributed by atoms with Crippen molar-refractivity contribution in [1.82, 2.24) is 5.32 Å². The Morgan fingerprint density at radius 3 is 2.71 bits per heavy atom. The Hall–Kier alpha value is -0.500. The van der Waals surface area contributed by atoms with Crippen LogP contribution in [0.25, 0.3) is 0 Å². The molecule has 1 aliphatic rings. The second-order valence-electron chi connectivity index (χ2n) is 1.30. The summed E-state index contributed by atoms with van der Waals surface area (Å²) in [6.07, 6.45) is 2.07. The van der Waals surface area contributed by atoms with Gasteiger partial charge in [0.1, 0.15) is 5.16 Å². The lowest BCUT2D eigenvalue weighted by Gasteiger charge is -1.85. The number of halogens is 1. The number of carbonyl (C=O) groups is 1. The van der Waals surface area contributed by atoms with Crippen LogP contribution in [0.3, 0.4) is 0 Å². The first-order valence-corrected chi connectivity index (χ1v) is 2.32. The minimum atomic E-state index is -0.0231. The predicted octanol–water partition coefficient (Wildman–Crippen LogP) is 0.587.